The van der Waals surface area contributed by atoms with Gasteiger partial charge >= 0.3 is 0 Å². The lowest BCUT2D eigenvalue weighted by molar-refractivity contribution is 0.0699. The molecule has 0 aliphatic carbocycles. The van der Waals surface area contributed by atoms with Crippen LogP contribution in [0.1, 0.15) is 63.1 Å². The Bertz CT molecular complexity index is 454. The van der Waals surface area contributed by atoms with Gasteiger partial charge in [-0.2, -0.15) is 4.98 Å². The molecular weight excluding hydrogens is 268 g/mol. The second-order valence-electron chi connectivity index (χ2n) is 6.60. The van der Waals surface area contributed by atoms with Crippen molar-refractivity contribution in [1.82, 2.24) is 20.4 Å². The molecule has 0 aromatic carbocycles. The molecular formula is C15H26N4O2. The van der Waals surface area contributed by atoms with Gasteiger partial charge in [-0.3, -0.25) is 4.79 Å². The molecule has 1 unspecified atom stereocenters. The average molecular weight is 294 g/mol. The minimum atomic E-state index is -0.134. The van der Waals surface area contributed by atoms with Crippen molar-refractivity contribution >= 4 is 5.91 Å². The SMILES string of the molecule is CC(C)CN(CC(C)C)C(=O)c1noc(C2CCCN2)n1. The number of rotatable bonds is 6. The summed E-state index contributed by atoms with van der Waals surface area (Å²) in [7, 11) is 0. The first-order chi connectivity index (χ1) is 9.97. The van der Waals surface area contributed by atoms with Gasteiger partial charge < -0.3 is 14.7 Å². The Kier molecular flexibility index (Phi) is 5.33. The molecule has 6 heteroatoms. The van der Waals surface area contributed by atoms with Gasteiger partial charge in [0.15, 0.2) is 0 Å². The zero-order chi connectivity index (χ0) is 15.4. The van der Waals surface area contributed by atoms with Crippen LogP contribution in [0, 0.1) is 11.8 Å². The molecule has 1 aliphatic heterocycles. The largest absolute Gasteiger partial charge is 0.337 e. The zero-order valence-electron chi connectivity index (χ0n) is 13.4. The van der Waals surface area contributed by atoms with Crippen molar-refractivity contribution in [3.05, 3.63) is 11.7 Å². The first kappa shape index (κ1) is 15.9. The van der Waals surface area contributed by atoms with Crippen molar-refractivity contribution in [3.63, 3.8) is 0 Å². The summed E-state index contributed by atoms with van der Waals surface area (Å²) in [5.74, 6) is 1.40. The molecule has 1 N–H and O–H groups in total. The molecule has 118 valence electrons. The van der Waals surface area contributed by atoms with E-state index in [1.165, 1.54) is 0 Å². The molecule has 1 aromatic heterocycles. The van der Waals surface area contributed by atoms with Gasteiger partial charge in [0, 0.05) is 13.1 Å². The molecule has 1 fully saturated rings. The van der Waals surface area contributed by atoms with Crippen molar-refractivity contribution in [3.8, 4) is 0 Å². The third kappa shape index (κ3) is 4.27. The highest BCUT2D eigenvalue weighted by atomic mass is 16.5. The Labute approximate surface area is 126 Å². The van der Waals surface area contributed by atoms with Crippen LogP contribution in [0.25, 0.3) is 0 Å². The molecule has 1 saturated heterocycles. The van der Waals surface area contributed by atoms with E-state index in [1.54, 1.807) is 0 Å². The number of aromatic nitrogens is 2. The second kappa shape index (κ2) is 7.02. The van der Waals surface area contributed by atoms with Gasteiger partial charge in [0.2, 0.25) is 5.89 Å². The lowest BCUT2D eigenvalue weighted by Gasteiger charge is -2.24. The maximum Gasteiger partial charge on any atom is 0.295 e. The molecule has 21 heavy (non-hydrogen) atoms. The number of hydrogen-bond acceptors (Lipinski definition) is 5. The van der Waals surface area contributed by atoms with Crippen LogP contribution in [-0.4, -0.2) is 40.6 Å². The van der Waals surface area contributed by atoms with E-state index in [4.69, 9.17) is 4.52 Å². The van der Waals surface area contributed by atoms with E-state index in [-0.39, 0.29) is 17.8 Å². The quantitative estimate of drug-likeness (QED) is 0.871. The van der Waals surface area contributed by atoms with Crippen molar-refractivity contribution in [2.45, 2.75) is 46.6 Å². The predicted molar refractivity (Wildman–Crippen MR) is 79.9 cm³/mol. The summed E-state index contributed by atoms with van der Waals surface area (Å²) >= 11 is 0. The van der Waals surface area contributed by atoms with E-state index < -0.39 is 0 Å². The molecule has 2 rings (SSSR count). The van der Waals surface area contributed by atoms with Crippen molar-refractivity contribution < 1.29 is 9.32 Å². The second-order valence-corrected chi connectivity index (χ2v) is 6.60. The number of amides is 1. The fourth-order valence-corrected chi connectivity index (χ4v) is 2.62. The van der Waals surface area contributed by atoms with Gasteiger partial charge in [0.1, 0.15) is 0 Å². The first-order valence-corrected chi connectivity index (χ1v) is 7.83. The Balaban J connectivity index is 2.08. The highest BCUT2D eigenvalue weighted by Crippen LogP contribution is 2.21. The number of hydrogen-bond donors (Lipinski definition) is 1. The van der Waals surface area contributed by atoms with Crippen LogP contribution >= 0.6 is 0 Å². The molecule has 0 radical (unpaired) electrons. The van der Waals surface area contributed by atoms with E-state index in [9.17, 15) is 4.79 Å². The number of nitrogens with zero attached hydrogens (tertiary/aromatic N) is 3. The maximum absolute atomic E-state index is 12.6. The van der Waals surface area contributed by atoms with Gasteiger partial charge in [-0.05, 0) is 31.2 Å². The Morgan fingerprint density at radius 2 is 2.00 bits per heavy atom. The Hall–Kier alpha value is -1.43. The molecule has 1 atom stereocenters. The van der Waals surface area contributed by atoms with Gasteiger partial charge in [-0.25, -0.2) is 0 Å². The lowest BCUT2D eigenvalue weighted by Crippen LogP contribution is -2.37. The van der Waals surface area contributed by atoms with Gasteiger partial charge in [-0.1, -0.05) is 32.9 Å². The van der Waals surface area contributed by atoms with Crippen molar-refractivity contribution in [1.29, 1.82) is 0 Å². The Morgan fingerprint density at radius 3 is 2.52 bits per heavy atom. The third-order valence-electron chi connectivity index (χ3n) is 3.45. The summed E-state index contributed by atoms with van der Waals surface area (Å²) in [4.78, 5) is 18.7. The summed E-state index contributed by atoms with van der Waals surface area (Å²) in [6.07, 6.45) is 2.08. The van der Waals surface area contributed by atoms with Crippen LogP contribution in [0.15, 0.2) is 4.52 Å². The maximum atomic E-state index is 12.6. The fraction of sp³-hybridized carbons (Fsp3) is 0.800. The Morgan fingerprint density at radius 1 is 1.33 bits per heavy atom. The van der Waals surface area contributed by atoms with Crippen LogP contribution in [0.5, 0.6) is 0 Å². The van der Waals surface area contributed by atoms with Crippen LogP contribution < -0.4 is 5.32 Å². The van der Waals surface area contributed by atoms with E-state index in [0.29, 0.717) is 30.8 Å². The molecule has 6 nitrogen and oxygen atoms in total. The zero-order valence-corrected chi connectivity index (χ0v) is 13.4. The summed E-state index contributed by atoms with van der Waals surface area (Å²) in [5.41, 5.74) is 0. The fourth-order valence-electron chi connectivity index (χ4n) is 2.62. The van der Waals surface area contributed by atoms with Crippen molar-refractivity contribution in [2.75, 3.05) is 19.6 Å². The highest BCUT2D eigenvalue weighted by molar-refractivity contribution is 5.90. The van der Waals surface area contributed by atoms with E-state index in [1.807, 2.05) is 4.90 Å². The standard InChI is InChI=1S/C15H26N4O2/c1-10(2)8-19(9-11(3)4)15(20)13-17-14(21-18-13)12-6-5-7-16-12/h10-12,16H,5-9H2,1-4H3. The number of carbonyl (C=O) groups excluding carboxylic acids is 1. The topological polar surface area (TPSA) is 71.3 Å². The minimum absolute atomic E-state index is 0.0997. The number of nitrogens with one attached hydrogen (secondary N) is 1. The smallest absolute Gasteiger partial charge is 0.295 e. The van der Waals surface area contributed by atoms with Crippen LogP contribution in [-0.2, 0) is 0 Å². The summed E-state index contributed by atoms with van der Waals surface area (Å²) in [5, 5.41) is 7.18. The molecule has 1 aromatic rings. The van der Waals surface area contributed by atoms with E-state index >= 15 is 0 Å². The average Bonchev–Trinajstić information content (AvgIpc) is 3.06. The molecule has 1 aliphatic rings. The highest BCUT2D eigenvalue weighted by Gasteiger charge is 2.27. The molecule has 0 spiro atoms. The van der Waals surface area contributed by atoms with Gasteiger partial charge in [-0.15, -0.1) is 0 Å². The molecule has 0 saturated carbocycles. The summed E-state index contributed by atoms with van der Waals surface area (Å²) in [6.45, 7) is 10.8. The lowest BCUT2D eigenvalue weighted by atomic mass is 10.1. The molecule has 1 amide bonds. The van der Waals surface area contributed by atoms with E-state index in [2.05, 4.69) is 43.2 Å². The monoisotopic (exact) mass is 294 g/mol. The predicted octanol–water partition coefficient (Wildman–Crippen LogP) is 2.25. The third-order valence-corrected chi connectivity index (χ3v) is 3.45. The van der Waals surface area contributed by atoms with Crippen LogP contribution in [0.4, 0.5) is 0 Å². The molecule has 2 heterocycles. The number of carbonyl (C=O) groups is 1. The normalized spacial score (nSPS) is 18.7. The van der Waals surface area contributed by atoms with Gasteiger partial charge in [0.05, 0.1) is 6.04 Å². The van der Waals surface area contributed by atoms with Crippen LogP contribution in [0.2, 0.25) is 0 Å². The van der Waals surface area contributed by atoms with E-state index in [0.717, 1.165) is 19.4 Å². The van der Waals surface area contributed by atoms with Crippen molar-refractivity contribution in [2.24, 2.45) is 11.8 Å². The summed E-state index contributed by atoms with van der Waals surface area (Å²) in [6, 6.07) is 0.0997. The van der Waals surface area contributed by atoms with Gasteiger partial charge in [0.25, 0.3) is 11.7 Å². The molecule has 0 bridgehead atoms. The van der Waals surface area contributed by atoms with Crippen LogP contribution in [0.3, 0.4) is 0 Å². The first-order valence-electron chi connectivity index (χ1n) is 7.83. The summed E-state index contributed by atoms with van der Waals surface area (Å²) < 4.78 is 5.26. The minimum Gasteiger partial charge on any atom is -0.337 e.